The first-order valence-corrected chi connectivity index (χ1v) is 9.53. The van der Waals surface area contributed by atoms with Crippen LogP contribution in [0.15, 0.2) is 6.20 Å². The summed E-state index contributed by atoms with van der Waals surface area (Å²) in [4.78, 5) is 36.5. The fraction of sp³-hybridized carbons (Fsp3) is 0.412. The van der Waals surface area contributed by atoms with Crippen LogP contribution in [0.25, 0.3) is 0 Å². The van der Waals surface area contributed by atoms with Gasteiger partial charge >= 0.3 is 5.97 Å². The highest BCUT2D eigenvalue weighted by Crippen LogP contribution is 2.33. The van der Waals surface area contributed by atoms with E-state index in [9.17, 15) is 14.4 Å². The van der Waals surface area contributed by atoms with Crippen LogP contribution < -0.4 is 11.1 Å². The Morgan fingerprint density at radius 1 is 1.37 bits per heavy atom. The second-order valence-corrected chi connectivity index (χ2v) is 7.29. The molecule has 2 amide bonds. The number of nitrogens with two attached hydrogens (primary N) is 1. The van der Waals surface area contributed by atoms with Crippen LogP contribution in [-0.4, -0.2) is 34.2 Å². The van der Waals surface area contributed by atoms with Crippen molar-refractivity contribution in [1.29, 1.82) is 0 Å². The number of thiophene rings is 1. The fourth-order valence-electron chi connectivity index (χ4n) is 2.40. The number of amides is 2. The number of hydrogen-bond donors (Lipinski definition) is 2. The average Bonchev–Trinajstić information content (AvgIpc) is 3.11. The highest BCUT2D eigenvalue weighted by molar-refractivity contribution is 7.18. The normalized spacial score (nSPS) is 10.7. The number of carbonyl (C=O) groups excluding carboxylic acids is 3. The lowest BCUT2D eigenvalue weighted by molar-refractivity contribution is -0.116. The molecule has 0 aliphatic rings. The van der Waals surface area contributed by atoms with Crippen LogP contribution in [-0.2, 0) is 16.1 Å². The van der Waals surface area contributed by atoms with Gasteiger partial charge in [-0.05, 0) is 25.8 Å². The minimum atomic E-state index is -0.663. The molecule has 146 valence electrons. The second kappa shape index (κ2) is 9.01. The summed E-state index contributed by atoms with van der Waals surface area (Å²) in [5.74, 6) is -1.59. The quantitative estimate of drug-likeness (QED) is 0.646. The molecule has 0 spiro atoms. The van der Waals surface area contributed by atoms with Crippen LogP contribution in [0.4, 0.5) is 5.00 Å². The number of carbonyl (C=O) groups is 3. The molecule has 0 radical (unpaired) electrons. The molecular formula is C17H21ClN4O4S. The number of ether oxygens (including phenoxy) is 1. The maximum absolute atomic E-state index is 12.3. The number of aryl methyl sites for hydroxylation is 1. The molecule has 8 nitrogen and oxygen atoms in total. The summed E-state index contributed by atoms with van der Waals surface area (Å²) in [7, 11) is 0. The number of aromatic nitrogens is 2. The Hall–Kier alpha value is -2.39. The van der Waals surface area contributed by atoms with Gasteiger partial charge in [0.25, 0.3) is 5.91 Å². The summed E-state index contributed by atoms with van der Waals surface area (Å²) in [5.41, 5.74) is 6.69. The second-order valence-electron chi connectivity index (χ2n) is 5.86. The van der Waals surface area contributed by atoms with Gasteiger partial charge < -0.3 is 15.8 Å². The van der Waals surface area contributed by atoms with Gasteiger partial charge in [0.15, 0.2) is 0 Å². The largest absolute Gasteiger partial charge is 0.462 e. The standard InChI is InChI=1S/C17H21ClN4O4S/c1-4-7-26-17(25)13-9(2)14(15(19)24)27-16(13)21-12(23)5-6-22-10(3)11(18)8-20-22/h8H,4-7H2,1-3H3,(H2,19,24)(H,21,23). The van der Waals surface area contributed by atoms with E-state index in [4.69, 9.17) is 22.1 Å². The van der Waals surface area contributed by atoms with E-state index in [0.717, 1.165) is 17.0 Å². The van der Waals surface area contributed by atoms with E-state index in [0.29, 0.717) is 23.6 Å². The monoisotopic (exact) mass is 412 g/mol. The highest BCUT2D eigenvalue weighted by atomic mass is 35.5. The lowest BCUT2D eigenvalue weighted by Crippen LogP contribution is -2.17. The van der Waals surface area contributed by atoms with Crippen molar-refractivity contribution >= 4 is 45.7 Å². The van der Waals surface area contributed by atoms with Gasteiger partial charge in [0.05, 0.1) is 40.5 Å². The molecule has 0 unspecified atom stereocenters. The summed E-state index contributed by atoms with van der Waals surface area (Å²) in [5, 5.41) is 7.54. The molecule has 0 aliphatic heterocycles. The highest BCUT2D eigenvalue weighted by Gasteiger charge is 2.25. The molecule has 0 aliphatic carbocycles. The van der Waals surface area contributed by atoms with Gasteiger partial charge in [-0.3, -0.25) is 14.3 Å². The summed E-state index contributed by atoms with van der Waals surface area (Å²) >= 11 is 6.91. The zero-order chi connectivity index (χ0) is 20.1. The van der Waals surface area contributed by atoms with Gasteiger partial charge in [0.2, 0.25) is 5.91 Å². The Morgan fingerprint density at radius 3 is 2.63 bits per heavy atom. The first-order chi connectivity index (χ1) is 12.8. The maximum atomic E-state index is 12.3. The number of primary amides is 1. The van der Waals surface area contributed by atoms with E-state index in [1.165, 1.54) is 6.20 Å². The summed E-state index contributed by atoms with van der Waals surface area (Å²) in [6.07, 6.45) is 2.29. The van der Waals surface area contributed by atoms with Crippen molar-refractivity contribution in [3.8, 4) is 0 Å². The Bertz CT molecular complexity index is 875. The SMILES string of the molecule is CCCOC(=O)c1c(NC(=O)CCn2ncc(Cl)c2C)sc(C(N)=O)c1C. The molecule has 3 N–H and O–H groups in total. The van der Waals surface area contributed by atoms with Gasteiger partial charge in [-0.25, -0.2) is 4.79 Å². The molecule has 0 aromatic carbocycles. The van der Waals surface area contributed by atoms with E-state index >= 15 is 0 Å². The number of esters is 1. The molecule has 2 aromatic rings. The smallest absolute Gasteiger partial charge is 0.341 e. The molecule has 0 fully saturated rings. The third-order valence-corrected chi connectivity index (χ3v) is 5.45. The molecule has 27 heavy (non-hydrogen) atoms. The third-order valence-electron chi connectivity index (χ3n) is 3.86. The van der Waals surface area contributed by atoms with E-state index in [1.54, 1.807) is 18.5 Å². The van der Waals surface area contributed by atoms with Crippen molar-refractivity contribution in [2.24, 2.45) is 5.73 Å². The minimum absolute atomic E-state index is 0.116. The first kappa shape index (κ1) is 20.9. The van der Waals surface area contributed by atoms with Crippen molar-refractivity contribution in [3.63, 3.8) is 0 Å². The molecule has 0 bridgehead atoms. The average molecular weight is 413 g/mol. The summed E-state index contributed by atoms with van der Waals surface area (Å²) in [6, 6.07) is 0. The molecular weight excluding hydrogens is 392 g/mol. The molecule has 0 saturated carbocycles. The van der Waals surface area contributed by atoms with Crippen molar-refractivity contribution in [1.82, 2.24) is 9.78 Å². The van der Waals surface area contributed by atoms with Crippen molar-refractivity contribution in [3.05, 3.63) is 32.9 Å². The summed E-state index contributed by atoms with van der Waals surface area (Å²) in [6.45, 7) is 5.84. The Labute approximate surface area is 165 Å². The lowest BCUT2D eigenvalue weighted by atomic mass is 10.1. The maximum Gasteiger partial charge on any atom is 0.341 e. The van der Waals surface area contributed by atoms with E-state index in [1.807, 2.05) is 6.92 Å². The van der Waals surface area contributed by atoms with Crippen molar-refractivity contribution in [2.45, 2.75) is 40.2 Å². The predicted octanol–water partition coefficient (Wildman–Crippen LogP) is 2.91. The van der Waals surface area contributed by atoms with Gasteiger partial charge in [0.1, 0.15) is 5.00 Å². The van der Waals surface area contributed by atoms with Crippen LogP contribution in [0, 0.1) is 13.8 Å². The molecule has 2 aromatic heterocycles. The van der Waals surface area contributed by atoms with Gasteiger partial charge in [0, 0.05) is 6.42 Å². The molecule has 0 atom stereocenters. The number of hydrogen-bond acceptors (Lipinski definition) is 6. The van der Waals surface area contributed by atoms with E-state index in [2.05, 4.69) is 10.4 Å². The first-order valence-electron chi connectivity index (χ1n) is 8.34. The topological polar surface area (TPSA) is 116 Å². The zero-order valence-electron chi connectivity index (χ0n) is 15.3. The zero-order valence-corrected chi connectivity index (χ0v) is 16.9. The number of rotatable bonds is 8. The van der Waals surface area contributed by atoms with Crippen LogP contribution in [0.3, 0.4) is 0 Å². The van der Waals surface area contributed by atoms with Crippen LogP contribution in [0.2, 0.25) is 5.02 Å². The van der Waals surface area contributed by atoms with E-state index in [-0.39, 0.29) is 34.4 Å². The van der Waals surface area contributed by atoms with Crippen LogP contribution >= 0.6 is 22.9 Å². The van der Waals surface area contributed by atoms with Gasteiger partial charge in [-0.1, -0.05) is 18.5 Å². The molecule has 2 rings (SSSR count). The third kappa shape index (κ3) is 4.86. The van der Waals surface area contributed by atoms with Crippen LogP contribution in [0.5, 0.6) is 0 Å². The molecule has 0 saturated heterocycles. The number of halogens is 1. The van der Waals surface area contributed by atoms with Crippen molar-refractivity contribution < 1.29 is 19.1 Å². The molecule has 2 heterocycles. The number of nitrogens with one attached hydrogen (secondary N) is 1. The number of anilines is 1. The van der Waals surface area contributed by atoms with Gasteiger partial charge in [-0.15, -0.1) is 11.3 Å². The molecule has 10 heteroatoms. The lowest BCUT2D eigenvalue weighted by Gasteiger charge is -2.08. The Kier molecular flexibility index (Phi) is 6.98. The van der Waals surface area contributed by atoms with Crippen LogP contribution in [0.1, 0.15) is 51.1 Å². The Balaban J connectivity index is 2.17. The number of nitrogens with zero attached hydrogens (tertiary/aromatic N) is 2. The summed E-state index contributed by atoms with van der Waals surface area (Å²) < 4.78 is 6.77. The van der Waals surface area contributed by atoms with E-state index < -0.39 is 11.9 Å². The Morgan fingerprint density at radius 2 is 2.07 bits per heavy atom. The fourth-order valence-corrected chi connectivity index (χ4v) is 3.60. The van der Waals surface area contributed by atoms with Gasteiger partial charge in [-0.2, -0.15) is 5.10 Å². The predicted molar refractivity (Wildman–Crippen MR) is 103 cm³/mol. The minimum Gasteiger partial charge on any atom is -0.462 e. The van der Waals surface area contributed by atoms with Crippen molar-refractivity contribution in [2.75, 3.05) is 11.9 Å².